The first-order chi connectivity index (χ1) is 8.32. The van der Waals surface area contributed by atoms with E-state index in [1.807, 2.05) is 0 Å². The van der Waals surface area contributed by atoms with Gasteiger partial charge >= 0.3 is 0 Å². The van der Waals surface area contributed by atoms with Gasteiger partial charge in [-0.1, -0.05) is 27.7 Å². The fourth-order valence-corrected chi connectivity index (χ4v) is 3.91. The second-order valence-electron chi connectivity index (χ2n) is 5.92. The van der Waals surface area contributed by atoms with Crippen LogP contribution in [-0.2, 0) is 10.0 Å². The molecule has 1 aliphatic rings. The maximum atomic E-state index is 11.9. The smallest absolute Gasteiger partial charge is 0.211 e. The van der Waals surface area contributed by atoms with Gasteiger partial charge in [0.1, 0.15) is 0 Å². The molecule has 1 fully saturated rings. The number of rotatable bonds is 7. The van der Waals surface area contributed by atoms with E-state index < -0.39 is 10.0 Å². The minimum atomic E-state index is -3.11. The normalized spacial score (nSPS) is 29.1. The van der Waals surface area contributed by atoms with Gasteiger partial charge in [-0.25, -0.2) is 13.1 Å². The van der Waals surface area contributed by atoms with Gasteiger partial charge in [-0.2, -0.15) is 0 Å². The Hall–Kier alpha value is -0.130. The third-order valence-electron chi connectivity index (χ3n) is 3.94. The molecule has 0 aromatic rings. The van der Waals surface area contributed by atoms with E-state index in [2.05, 4.69) is 37.7 Å². The summed E-state index contributed by atoms with van der Waals surface area (Å²) in [4.78, 5) is 0. The van der Waals surface area contributed by atoms with Crippen molar-refractivity contribution in [3.05, 3.63) is 0 Å². The van der Waals surface area contributed by atoms with Crippen LogP contribution in [0.2, 0.25) is 0 Å². The fourth-order valence-electron chi connectivity index (χ4n) is 2.47. The zero-order valence-electron chi connectivity index (χ0n) is 12.1. The SMILES string of the molecule is CC(C)NCCCS(=O)(=O)NC1CCC(C)C1C. The average Bonchev–Trinajstić information content (AvgIpc) is 2.56. The molecule has 0 bridgehead atoms. The minimum absolute atomic E-state index is 0.142. The molecule has 4 nitrogen and oxygen atoms in total. The van der Waals surface area contributed by atoms with E-state index in [9.17, 15) is 8.42 Å². The van der Waals surface area contributed by atoms with E-state index >= 15 is 0 Å². The molecule has 0 saturated heterocycles. The van der Waals surface area contributed by atoms with Crippen molar-refractivity contribution < 1.29 is 8.42 Å². The van der Waals surface area contributed by atoms with Crippen LogP contribution < -0.4 is 10.0 Å². The van der Waals surface area contributed by atoms with Crippen molar-refractivity contribution in [2.24, 2.45) is 11.8 Å². The lowest BCUT2D eigenvalue weighted by molar-refractivity contribution is 0.402. The highest BCUT2D eigenvalue weighted by molar-refractivity contribution is 7.89. The van der Waals surface area contributed by atoms with Gasteiger partial charge in [0.2, 0.25) is 10.0 Å². The lowest BCUT2D eigenvalue weighted by Crippen LogP contribution is -2.39. The first kappa shape index (κ1) is 15.9. The van der Waals surface area contributed by atoms with Gasteiger partial charge in [-0.05, 0) is 37.6 Å². The predicted octanol–water partition coefficient (Wildman–Crippen LogP) is 1.73. The molecule has 0 spiro atoms. The van der Waals surface area contributed by atoms with Gasteiger partial charge < -0.3 is 5.32 Å². The molecule has 1 aliphatic carbocycles. The molecule has 3 unspecified atom stereocenters. The van der Waals surface area contributed by atoms with E-state index in [-0.39, 0.29) is 11.8 Å². The summed E-state index contributed by atoms with van der Waals surface area (Å²) in [5.74, 6) is 1.30. The molecule has 0 aromatic heterocycles. The van der Waals surface area contributed by atoms with Gasteiger partial charge in [0, 0.05) is 12.1 Å². The molecule has 0 heterocycles. The van der Waals surface area contributed by atoms with Crippen molar-refractivity contribution >= 4 is 10.0 Å². The molecule has 5 heteroatoms. The molecule has 108 valence electrons. The molecule has 0 radical (unpaired) electrons. The molecule has 0 amide bonds. The quantitative estimate of drug-likeness (QED) is 0.696. The Labute approximate surface area is 112 Å². The van der Waals surface area contributed by atoms with Gasteiger partial charge in [0.15, 0.2) is 0 Å². The molecular weight excluding hydrogens is 248 g/mol. The van der Waals surface area contributed by atoms with Crippen molar-refractivity contribution in [3.8, 4) is 0 Å². The van der Waals surface area contributed by atoms with Gasteiger partial charge in [-0.15, -0.1) is 0 Å². The molecule has 1 rings (SSSR count). The Morgan fingerprint density at radius 1 is 1.22 bits per heavy atom. The number of nitrogens with one attached hydrogen (secondary N) is 2. The Bertz CT molecular complexity index is 341. The summed E-state index contributed by atoms with van der Waals surface area (Å²) in [6, 6.07) is 0.555. The summed E-state index contributed by atoms with van der Waals surface area (Å²) < 4.78 is 26.8. The molecule has 0 aliphatic heterocycles. The fraction of sp³-hybridized carbons (Fsp3) is 1.00. The van der Waals surface area contributed by atoms with Crippen molar-refractivity contribution in [2.75, 3.05) is 12.3 Å². The lowest BCUT2D eigenvalue weighted by Gasteiger charge is -2.19. The maximum absolute atomic E-state index is 11.9. The molecule has 1 saturated carbocycles. The van der Waals surface area contributed by atoms with Crippen LogP contribution in [-0.4, -0.2) is 32.8 Å². The first-order valence-corrected chi connectivity index (χ1v) is 8.70. The monoisotopic (exact) mass is 276 g/mol. The third kappa shape index (κ3) is 5.24. The Morgan fingerprint density at radius 2 is 1.89 bits per heavy atom. The summed E-state index contributed by atoms with van der Waals surface area (Å²) in [6.45, 7) is 9.23. The number of hydrogen-bond donors (Lipinski definition) is 2. The Balaban J connectivity index is 2.31. The highest BCUT2D eigenvalue weighted by Gasteiger charge is 2.32. The van der Waals surface area contributed by atoms with Crippen LogP contribution >= 0.6 is 0 Å². The highest BCUT2D eigenvalue weighted by atomic mass is 32.2. The topological polar surface area (TPSA) is 58.2 Å². The Morgan fingerprint density at radius 3 is 2.39 bits per heavy atom. The summed E-state index contributed by atoms with van der Waals surface area (Å²) in [7, 11) is -3.11. The molecule has 0 aromatic carbocycles. The minimum Gasteiger partial charge on any atom is -0.314 e. The van der Waals surface area contributed by atoms with Crippen LogP contribution in [0.15, 0.2) is 0 Å². The van der Waals surface area contributed by atoms with E-state index in [1.165, 1.54) is 0 Å². The molecule has 2 N–H and O–H groups in total. The summed E-state index contributed by atoms with van der Waals surface area (Å²) in [5.41, 5.74) is 0. The third-order valence-corrected chi connectivity index (χ3v) is 5.43. The largest absolute Gasteiger partial charge is 0.314 e. The summed E-state index contributed by atoms with van der Waals surface area (Å²) in [5, 5.41) is 3.24. The van der Waals surface area contributed by atoms with Gasteiger partial charge in [0.05, 0.1) is 5.75 Å². The summed E-state index contributed by atoms with van der Waals surface area (Å²) in [6.07, 6.45) is 2.78. The van der Waals surface area contributed by atoms with E-state index in [0.29, 0.717) is 24.3 Å². The predicted molar refractivity (Wildman–Crippen MR) is 76.0 cm³/mol. The average molecular weight is 276 g/mol. The van der Waals surface area contributed by atoms with E-state index in [0.717, 1.165) is 19.4 Å². The lowest BCUT2D eigenvalue weighted by atomic mass is 9.98. The standard InChI is InChI=1S/C13H28N2O2S/c1-10(2)14-8-5-9-18(16,17)15-13-7-6-11(3)12(13)4/h10-15H,5-9H2,1-4H3. The molecular formula is C13H28N2O2S. The Kier molecular flexibility index (Phi) is 6.08. The van der Waals surface area contributed by atoms with Crippen molar-refractivity contribution in [3.63, 3.8) is 0 Å². The van der Waals surface area contributed by atoms with Crippen molar-refractivity contribution in [1.82, 2.24) is 10.0 Å². The number of hydrogen-bond acceptors (Lipinski definition) is 3. The van der Waals surface area contributed by atoms with Crippen LogP contribution in [0.4, 0.5) is 0 Å². The second-order valence-corrected chi connectivity index (χ2v) is 7.79. The zero-order chi connectivity index (χ0) is 13.8. The van der Waals surface area contributed by atoms with Crippen LogP contribution in [0, 0.1) is 11.8 Å². The highest BCUT2D eigenvalue weighted by Crippen LogP contribution is 2.31. The van der Waals surface area contributed by atoms with Crippen molar-refractivity contribution in [2.45, 2.75) is 59.0 Å². The zero-order valence-corrected chi connectivity index (χ0v) is 12.9. The number of sulfonamides is 1. The second kappa shape index (κ2) is 6.87. The van der Waals surface area contributed by atoms with Gasteiger partial charge in [0.25, 0.3) is 0 Å². The molecule has 18 heavy (non-hydrogen) atoms. The van der Waals surface area contributed by atoms with Crippen LogP contribution in [0.25, 0.3) is 0 Å². The summed E-state index contributed by atoms with van der Waals surface area (Å²) >= 11 is 0. The molecule has 3 atom stereocenters. The van der Waals surface area contributed by atoms with E-state index in [4.69, 9.17) is 0 Å². The maximum Gasteiger partial charge on any atom is 0.211 e. The first-order valence-electron chi connectivity index (χ1n) is 7.05. The van der Waals surface area contributed by atoms with Crippen LogP contribution in [0.3, 0.4) is 0 Å². The van der Waals surface area contributed by atoms with Gasteiger partial charge in [-0.3, -0.25) is 0 Å². The van der Waals surface area contributed by atoms with Crippen LogP contribution in [0.1, 0.15) is 47.0 Å². The van der Waals surface area contributed by atoms with Crippen LogP contribution in [0.5, 0.6) is 0 Å². The van der Waals surface area contributed by atoms with E-state index in [1.54, 1.807) is 0 Å². The van der Waals surface area contributed by atoms with Crippen molar-refractivity contribution in [1.29, 1.82) is 0 Å².